The number of aliphatic hydroxyl groups is 1. The lowest BCUT2D eigenvalue weighted by Gasteiger charge is -2.17. The third kappa shape index (κ3) is 5.29. The Morgan fingerprint density at radius 3 is 2.50 bits per heavy atom. The van der Waals surface area contributed by atoms with E-state index >= 15 is 0 Å². The van der Waals surface area contributed by atoms with Gasteiger partial charge in [-0.15, -0.1) is 0 Å². The summed E-state index contributed by atoms with van der Waals surface area (Å²) in [5, 5.41) is 15.3. The van der Waals surface area contributed by atoms with E-state index in [9.17, 15) is 9.90 Å². The quantitative estimate of drug-likeness (QED) is 0.682. The van der Waals surface area contributed by atoms with Gasteiger partial charge in [0.2, 0.25) is 5.91 Å². The molecule has 0 fully saturated rings. The van der Waals surface area contributed by atoms with E-state index in [-0.39, 0.29) is 18.6 Å². The molecule has 100 valence electrons. The zero-order chi connectivity index (χ0) is 13.4. The largest absolute Gasteiger partial charge is 0.394 e. The van der Waals surface area contributed by atoms with Crippen LogP contribution in [0.5, 0.6) is 0 Å². The van der Waals surface area contributed by atoms with E-state index in [1.807, 2.05) is 44.2 Å². The van der Waals surface area contributed by atoms with Crippen molar-refractivity contribution in [3.05, 3.63) is 35.9 Å². The molecular weight excluding hydrogens is 228 g/mol. The molecule has 1 aromatic rings. The monoisotopic (exact) mass is 250 g/mol. The van der Waals surface area contributed by atoms with E-state index in [1.165, 1.54) is 0 Å². The van der Waals surface area contributed by atoms with Gasteiger partial charge in [-0.2, -0.15) is 0 Å². The lowest BCUT2D eigenvalue weighted by Crippen LogP contribution is -2.34. The first-order valence-corrected chi connectivity index (χ1v) is 6.32. The van der Waals surface area contributed by atoms with Crippen LogP contribution in [0.1, 0.15) is 31.9 Å². The smallest absolute Gasteiger partial charge is 0.221 e. The molecule has 0 unspecified atom stereocenters. The molecule has 3 N–H and O–H groups in total. The Morgan fingerprint density at radius 1 is 1.28 bits per heavy atom. The topological polar surface area (TPSA) is 61.4 Å². The molecule has 1 aromatic carbocycles. The van der Waals surface area contributed by atoms with E-state index in [2.05, 4.69) is 10.6 Å². The number of carbonyl (C=O) groups is 1. The fourth-order valence-corrected chi connectivity index (χ4v) is 1.66. The van der Waals surface area contributed by atoms with Crippen LogP contribution in [-0.4, -0.2) is 30.2 Å². The van der Waals surface area contributed by atoms with Crippen LogP contribution in [0.2, 0.25) is 0 Å². The molecule has 4 heteroatoms. The van der Waals surface area contributed by atoms with Gasteiger partial charge in [0.05, 0.1) is 12.6 Å². The van der Waals surface area contributed by atoms with Crippen LogP contribution in [0.3, 0.4) is 0 Å². The first-order valence-electron chi connectivity index (χ1n) is 6.32. The fraction of sp³-hybridized carbons (Fsp3) is 0.500. The summed E-state index contributed by atoms with van der Waals surface area (Å²) in [6.45, 7) is 4.64. The molecule has 4 nitrogen and oxygen atoms in total. The second-order valence-electron chi connectivity index (χ2n) is 4.57. The second kappa shape index (κ2) is 7.84. The molecule has 1 atom stereocenters. The van der Waals surface area contributed by atoms with Crippen LogP contribution in [0.15, 0.2) is 30.3 Å². The number of carbonyl (C=O) groups excluding carboxylic acids is 1. The van der Waals surface area contributed by atoms with Crippen LogP contribution in [-0.2, 0) is 4.79 Å². The van der Waals surface area contributed by atoms with Gasteiger partial charge in [-0.25, -0.2) is 0 Å². The SMILES string of the molecule is CC(C)NCCC(=O)N[C@@H](CO)c1ccccc1. The van der Waals surface area contributed by atoms with Gasteiger partial charge in [-0.1, -0.05) is 44.2 Å². The fourth-order valence-electron chi connectivity index (χ4n) is 1.66. The van der Waals surface area contributed by atoms with Crippen molar-refractivity contribution in [3.63, 3.8) is 0 Å². The summed E-state index contributed by atoms with van der Waals surface area (Å²) in [6.07, 6.45) is 0.418. The summed E-state index contributed by atoms with van der Waals surface area (Å²) in [6, 6.07) is 9.54. The highest BCUT2D eigenvalue weighted by Crippen LogP contribution is 2.11. The molecule has 0 bridgehead atoms. The standard InChI is InChI=1S/C14H22N2O2/c1-11(2)15-9-8-14(18)16-13(10-17)12-6-4-3-5-7-12/h3-7,11,13,15,17H,8-10H2,1-2H3,(H,16,18)/t13-/m0/s1. The zero-order valence-electron chi connectivity index (χ0n) is 11.0. The first-order chi connectivity index (χ1) is 8.63. The summed E-state index contributed by atoms with van der Waals surface area (Å²) >= 11 is 0. The third-order valence-corrected chi connectivity index (χ3v) is 2.62. The predicted molar refractivity (Wildman–Crippen MR) is 72.2 cm³/mol. The molecular formula is C14H22N2O2. The molecule has 0 heterocycles. The van der Waals surface area contributed by atoms with Gasteiger partial charge >= 0.3 is 0 Å². The number of benzene rings is 1. The number of hydrogen-bond acceptors (Lipinski definition) is 3. The molecule has 1 amide bonds. The van der Waals surface area contributed by atoms with Crippen molar-refractivity contribution < 1.29 is 9.90 Å². The maximum Gasteiger partial charge on any atom is 0.221 e. The minimum Gasteiger partial charge on any atom is -0.394 e. The molecule has 0 radical (unpaired) electrons. The maximum atomic E-state index is 11.7. The summed E-state index contributed by atoms with van der Waals surface area (Å²) in [4.78, 5) is 11.7. The van der Waals surface area contributed by atoms with Crippen molar-refractivity contribution in [2.24, 2.45) is 0 Å². The normalized spacial score (nSPS) is 12.4. The van der Waals surface area contributed by atoms with Crippen LogP contribution in [0.4, 0.5) is 0 Å². The van der Waals surface area contributed by atoms with Gasteiger partial charge in [0.1, 0.15) is 0 Å². The minimum absolute atomic E-state index is 0.0500. The summed E-state index contributed by atoms with van der Waals surface area (Å²) in [7, 11) is 0. The number of rotatable bonds is 7. The molecule has 18 heavy (non-hydrogen) atoms. The maximum absolute atomic E-state index is 11.7. The lowest BCUT2D eigenvalue weighted by atomic mass is 10.1. The van der Waals surface area contributed by atoms with E-state index in [1.54, 1.807) is 0 Å². The number of aliphatic hydroxyl groups excluding tert-OH is 1. The Hall–Kier alpha value is -1.39. The van der Waals surface area contributed by atoms with Gasteiger partial charge in [-0.3, -0.25) is 4.79 Å². The van der Waals surface area contributed by atoms with E-state index < -0.39 is 0 Å². The molecule has 0 saturated carbocycles. The average Bonchev–Trinajstić information content (AvgIpc) is 2.36. The molecule has 0 saturated heterocycles. The summed E-state index contributed by atoms with van der Waals surface area (Å²) in [5.74, 6) is -0.0500. The Bertz CT molecular complexity index is 352. The number of amides is 1. The van der Waals surface area contributed by atoms with Crippen LogP contribution >= 0.6 is 0 Å². The molecule has 0 aliphatic carbocycles. The highest BCUT2D eigenvalue weighted by Gasteiger charge is 2.12. The highest BCUT2D eigenvalue weighted by molar-refractivity contribution is 5.76. The molecule has 0 aromatic heterocycles. The molecule has 0 aliphatic rings. The van der Waals surface area contributed by atoms with Gasteiger partial charge < -0.3 is 15.7 Å². The van der Waals surface area contributed by atoms with Crippen LogP contribution in [0, 0.1) is 0 Å². The van der Waals surface area contributed by atoms with Gasteiger partial charge in [0.15, 0.2) is 0 Å². The number of hydrogen-bond donors (Lipinski definition) is 3. The van der Waals surface area contributed by atoms with E-state index in [4.69, 9.17) is 0 Å². The minimum atomic E-state index is -0.322. The Kier molecular flexibility index (Phi) is 6.39. The molecule has 1 rings (SSSR count). The number of nitrogens with one attached hydrogen (secondary N) is 2. The third-order valence-electron chi connectivity index (χ3n) is 2.62. The predicted octanol–water partition coefficient (Wildman–Crippen LogP) is 1.22. The Morgan fingerprint density at radius 2 is 1.94 bits per heavy atom. The van der Waals surface area contributed by atoms with Crippen molar-refractivity contribution in [2.45, 2.75) is 32.4 Å². The van der Waals surface area contributed by atoms with Gasteiger partial charge in [-0.05, 0) is 5.56 Å². The molecule has 0 spiro atoms. The second-order valence-corrected chi connectivity index (χ2v) is 4.57. The Balaban J connectivity index is 2.41. The van der Waals surface area contributed by atoms with Crippen molar-refractivity contribution in [1.82, 2.24) is 10.6 Å². The lowest BCUT2D eigenvalue weighted by molar-refractivity contribution is -0.122. The summed E-state index contributed by atoms with van der Waals surface area (Å²) in [5.41, 5.74) is 0.921. The van der Waals surface area contributed by atoms with Crippen molar-refractivity contribution in [2.75, 3.05) is 13.2 Å². The summed E-state index contributed by atoms with van der Waals surface area (Å²) < 4.78 is 0. The van der Waals surface area contributed by atoms with E-state index in [0.717, 1.165) is 5.56 Å². The van der Waals surface area contributed by atoms with Crippen LogP contribution in [0.25, 0.3) is 0 Å². The van der Waals surface area contributed by atoms with Gasteiger partial charge in [0.25, 0.3) is 0 Å². The van der Waals surface area contributed by atoms with E-state index in [0.29, 0.717) is 19.0 Å². The first kappa shape index (κ1) is 14.7. The van der Waals surface area contributed by atoms with Crippen molar-refractivity contribution >= 4 is 5.91 Å². The highest BCUT2D eigenvalue weighted by atomic mass is 16.3. The average molecular weight is 250 g/mol. The van der Waals surface area contributed by atoms with Gasteiger partial charge in [0, 0.05) is 19.0 Å². The van der Waals surface area contributed by atoms with Crippen molar-refractivity contribution in [1.29, 1.82) is 0 Å². The molecule has 0 aliphatic heterocycles. The Labute approximate surface area is 108 Å². The zero-order valence-corrected chi connectivity index (χ0v) is 11.0. The van der Waals surface area contributed by atoms with Crippen LogP contribution < -0.4 is 10.6 Å². The van der Waals surface area contributed by atoms with Crippen molar-refractivity contribution in [3.8, 4) is 0 Å².